The maximum atomic E-state index is 12.1. The van der Waals surface area contributed by atoms with Gasteiger partial charge in [0.25, 0.3) is 5.91 Å². The molecule has 1 aliphatic heterocycles. The standard InChI is InChI=1S/C15H12N2O3/c18-13-4-2-1-3-12(13)17-15(20)9-5-6-11-10(7-9)8-14(19)16-11/h1-7,18H,8H2,(H,16,19)(H,17,20). The molecule has 0 bridgehead atoms. The molecule has 1 aliphatic rings. The Bertz CT molecular complexity index is 710. The third-order valence-corrected chi connectivity index (χ3v) is 3.14. The summed E-state index contributed by atoms with van der Waals surface area (Å²) in [5.74, 6) is -0.384. The maximum Gasteiger partial charge on any atom is 0.255 e. The SMILES string of the molecule is O=C1Cc2cc(C(=O)Nc3ccccc3O)ccc2N1. The molecule has 2 aromatic carbocycles. The summed E-state index contributed by atoms with van der Waals surface area (Å²) in [6.07, 6.45) is 0.285. The van der Waals surface area contributed by atoms with Crippen LogP contribution >= 0.6 is 0 Å². The van der Waals surface area contributed by atoms with Crippen LogP contribution in [-0.4, -0.2) is 16.9 Å². The molecule has 0 saturated heterocycles. The lowest BCUT2D eigenvalue weighted by molar-refractivity contribution is -0.115. The van der Waals surface area contributed by atoms with Gasteiger partial charge in [-0.1, -0.05) is 12.1 Å². The fourth-order valence-electron chi connectivity index (χ4n) is 2.14. The van der Waals surface area contributed by atoms with E-state index >= 15 is 0 Å². The minimum Gasteiger partial charge on any atom is -0.506 e. The fraction of sp³-hybridized carbons (Fsp3) is 0.0667. The van der Waals surface area contributed by atoms with Crippen molar-refractivity contribution in [2.75, 3.05) is 10.6 Å². The van der Waals surface area contributed by atoms with Crippen molar-refractivity contribution in [3.8, 4) is 5.75 Å². The third-order valence-electron chi connectivity index (χ3n) is 3.14. The second-order valence-corrected chi connectivity index (χ2v) is 4.57. The molecule has 5 nitrogen and oxygen atoms in total. The van der Waals surface area contributed by atoms with E-state index in [9.17, 15) is 14.7 Å². The molecule has 0 spiro atoms. The van der Waals surface area contributed by atoms with Crippen molar-refractivity contribution in [3.63, 3.8) is 0 Å². The highest BCUT2D eigenvalue weighted by atomic mass is 16.3. The maximum absolute atomic E-state index is 12.1. The second-order valence-electron chi connectivity index (χ2n) is 4.57. The molecule has 3 N–H and O–H groups in total. The molecule has 100 valence electrons. The summed E-state index contributed by atoms with van der Waals surface area (Å²) in [7, 11) is 0. The van der Waals surface area contributed by atoms with Gasteiger partial charge >= 0.3 is 0 Å². The number of phenolic OH excluding ortho intramolecular Hbond substituents is 1. The molecular weight excluding hydrogens is 256 g/mol. The molecule has 2 amide bonds. The van der Waals surface area contributed by atoms with E-state index in [0.717, 1.165) is 11.3 Å². The highest BCUT2D eigenvalue weighted by Crippen LogP contribution is 2.26. The summed E-state index contributed by atoms with van der Waals surface area (Å²) in [5.41, 5.74) is 2.35. The lowest BCUT2D eigenvalue weighted by Gasteiger charge is -2.08. The van der Waals surface area contributed by atoms with Crippen LogP contribution in [0.4, 0.5) is 11.4 Å². The number of hydrogen-bond acceptors (Lipinski definition) is 3. The van der Waals surface area contributed by atoms with Gasteiger partial charge in [0.05, 0.1) is 12.1 Å². The van der Waals surface area contributed by atoms with Crippen molar-refractivity contribution in [3.05, 3.63) is 53.6 Å². The minimum atomic E-state index is -0.325. The summed E-state index contributed by atoms with van der Waals surface area (Å²) in [4.78, 5) is 23.4. The number of anilines is 2. The van der Waals surface area contributed by atoms with Crippen molar-refractivity contribution in [2.24, 2.45) is 0 Å². The van der Waals surface area contributed by atoms with Crippen LogP contribution in [0.15, 0.2) is 42.5 Å². The molecule has 0 aromatic heterocycles. The predicted octanol–water partition coefficient (Wildman–Crippen LogP) is 2.14. The van der Waals surface area contributed by atoms with Crippen LogP contribution in [-0.2, 0) is 11.2 Å². The van der Waals surface area contributed by atoms with Crippen molar-refractivity contribution in [1.29, 1.82) is 0 Å². The van der Waals surface area contributed by atoms with Crippen molar-refractivity contribution < 1.29 is 14.7 Å². The van der Waals surface area contributed by atoms with Crippen LogP contribution in [0.5, 0.6) is 5.75 Å². The number of fused-ring (bicyclic) bond motifs is 1. The molecule has 0 unspecified atom stereocenters. The van der Waals surface area contributed by atoms with Gasteiger partial charge in [0.2, 0.25) is 5.91 Å². The van der Waals surface area contributed by atoms with Gasteiger partial charge in [-0.05, 0) is 35.9 Å². The van der Waals surface area contributed by atoms with Crippen molar-refractivity contribution in [1.82, 2.24) is 0 Å². The molecular formula is C15H12N2O3. The first-order valence-electron chi connectivity index (χ1n) is 6.15. The van der Waals surface area contributed by atoms with E-state index in [2.05, 4.69) is 10.6 Å². The number of amides is 2. The summed E-state index contributed by atoms with van der Waals surface area (Å²) < 4.78 is 0. The molecule has 1 heterocycles. The largest absolute Gasteiger partial charge is 0.506 e. The van der Waals surface area contributed by atoms with E-state index in [0.29, 0.717) is 11.3 Å². The number of carbonyl (C=O) groups excluding carboxylic acids is 2. The number of rotatable bonds is 2. The molecule has 0 atom stereocenters. The van der Waals surface area contributed by atoms with Gasteiger partial charge in [0.1, 0.15) is 5.75 Å². The van der Waals surface area contributed by atoms with Crippen LogP contribution in [0.1, 0.15) is 15.9 Å². The van der Waals surface area contributed by atoms with Crippen LogP contribution in [0.2, 0.25) is 0 Å². The van der Waals surface area contributed by atoms with E-state index < -0.39 is 0 Å². The first-order valence-corrected chi connectivity index (χ1v) is 6.15. The van der Waals surface area contributed by atoms with Gasteiger partial charge in [0.15, 0.2) is 0 Å². The normalized spacial score (nSPS) is 12.7. The quantitative estimate of drug-likeness (QED) is 0.730. The van der Waals surface area contributed by atoms with Gasteiger partial charge in [-0.2, -0.15) is 0 Å². The zero-order valence-corrected chi connectivity index (χ0v) is 10.5. The highest BCUT2D eigenvalue weighted by molar-refractivity contribution is 6.07. The number of benzene rings is 2. The van der Waals surface area contributed by atoms with E-state index in [4.69, 9.17) is 0 Å². The van der Waals surface area contributed by atoms with Gasteiger partial charge in [0, 0.05) is 11.3 Å². The van der Waals surface area contributed by atoms with Gasteiger partial charge in [-0.3, -0.25) is 9.59 Å². The van der Waals surface area contributed by atoms with Gasteiger partial charge in [-0.25, -0.2) is 0 Å². The van der Waals surface area contributed by atoms with E-state index in [1.165, 1.54) is 6.07 Å². The molecule has 2 aromatic rings. The average molecular weight is 268 g/mol. The van der Waals surface area contributed by atoms with Crippen molar-refractivity contribution >= 4 is 23.2 Å². The number of hydrogen-bond donors (Lipinski definition) is 3. The molecule has 0 radical (unpaired) electrons. The smallest absolute Gasteiger partial charge is 0.255 e. The van der Waals surface area contributed by atoms with Crippen LogP contribution in [0.25, 0.3) is 0 Å². The Labute approximate surface area is 115 Å². The Balaban J connectivity index is 1.84. The van der Waals surface area contributed by atoms with E-state index in [1.54, 1.807) is 36.4 Å². The molecule has 0 saturated carbocycles. The minimum absolute atomic E-state index is 0.0128. The number of carbonyl (C=O) groups is 2. The first kappa shape index (κ1) is 12.2. The Kier molecular flexibility index (Phi) is 2.87. The number of phenols is 1. The molecule has 3 rings (SSSR count). The first-order chi connectivity index (χ1) is 9.63. The van der Waals surface area contributed by atoms with Crippen LogP contribution in [0, 0.1) is 0 Å². The molecule has 0 aliphatic carbocycles. The van der Waals surface area contributed by atoms with Crippen molar-refractivity contribution in [2.45, 2.75) is 6.42 Å². The molecule has 20 heavy (non-hydrogen) atoms. The third kappa shape index (κ3) is 2.21. The zero-order chi connectivity index (χ0) is 14.1. The Morgan fingerprint density at radius 1 is 1.20 bits per heavy atom. The molecule has 5 heteroatoms. The summed E-state index contributed by atoms with van der Waals surface area (Å²) in [5, 5.41) is 15.0. The van der Waals surface area contributed by atoms with Gasteiger partial charge in [-0.15, -0.1) is 0 Å². The summed E-state index contributed by atoms with van der Waals surface area (Å²) >= 11 is 0. The van der Waals surface area contributed by atoms with Crippen LogP contribution < -0.4 is 10.6 Å². The lowest BCUT2D eigenvalue weighted by atomic mass is 10.1. The Morgan fingerprint density at radius 2 is 2.00 bits per heavy atom. The fourth-order valence-corrected chi connectivity index (χ4v) is 2.14. The van der Waals surface area contributed by atoms with Gasteiger partial charge < -0.3 is 15.7 Å². The summed E-state index contributed by atoms with van der Waals surface area (Å²) in [6.45, 7) is 0. The predicted molar refractivity (Wildman–Crippen MR) is 74.8 cm³/mol. The highest BCUT2D eigenvalue weighted by Gasteiger charge is 2.19. The average Bonchev–Trinajstić information content (AvgIpc) is 2.80. The number of aromatic hydroxyl groups is 1. The van der Waals surface area contributed by atoms with E-state index in [-0.39, 0.29) is 24.0 Å². The Hall–Kier alpha value is -2.82. The topological polar surface area (TPSA) is 78.4 Å². The van der Waals surface area contributed by atoms with E-state index in [1.807, 2.05) is 0 Å². The number of nitrogens with one attached hydrogen (secondary N) is 2. The second kappa shape index (κ2) is 4.70. The zero-order valence-electron chi connectivity index (χ0n) is 10.5. The molecule has 0 fully saturated rings. The summed E-state index contributed by atoms with van der Waals surface area (Å²) in [6, 6.07) is 11.5. The Morgan fingerprint density at radius 3 is 2.80 bits per heavy atom. The lowest BCUT2D eigenvalue weighted by Crippen LogP contribution is -2.12. The number of para-hydroxylation sites is 2. The monoisotopic (exact) mass is 268 g/mol. The van der Waals surface area contributed by atoms with Crippen LogP contribution in [0.3, 0.4) is 0 Å².